The predicted molar refractivity (Wildman–Crippen MR) is 199 cm³/mol. The first-order valence-corrected chi connectivity index (χ1v) is 17.6. The van der Waals surface area contributed by atoms with Crippen molar-refractivity contribution in [3.63, 3.8) is 0 Å². The summed E-state index contributed by atoms with van der Waals surface area (Å²) < 4.78 is 23.5. The fourth-order valence-electron chi connectivity index (χ4n) is 6.94. The summed E-state index contributed by atoms with van der Waals surface area (Å²) in [6, 6.07) is 41.3. The van der Waals surface area contributed by atoms with Crippen molar-refractivity contribution >= 4 is 11.8 Å². The maximum absolute atomic E-state index is 15.2. The Labute approximate surface area is 307 Å². The molecule has 1 amide bonds. The number of aromatic nitrogens is 2. The molecule has 2 atom stereocenters. The minimum Gasteiger partial charge on any atom is -0.497 e. The molecule has 1 N–H and O–H groups in total. The summed E-state index contributed by atoms with van der Waals surface area (Å²) in [6.45, 7) is 0.916. The number of hydrogen-bond donors (Lipinski definition) is 1. The number of aliphatic hydroxyl groups excluding tert-OH is 1. The van der Waals surface area contributed by atoms with E-state index < -0.39 is 11.6 Å². The van der Waals surface area contributed by atoms with Crippen molar-refractivity contribution in [2.24, 2.45) is 4.99 Å². The van der Waals surface area contributed by atoms with Crippen molar-refractivity contribution in [1.82, 2.24) is 15.0 Å². The van der Waals surface area contributed by atoms with Crippen molar-refractivity contribution in [3.8, 4) is 34.1 Å². The summed E-state index contributed by atoms with van der Waals surface area (Å²) in [7, 11) is 1.61. The van der Waals surface area contributed by atoms with Crippen LogP contribution in [0.25, 0.3) is 22.6 Å². The lowest BCUT2D eigenvalue weighted by molar-refractivity contribution is -0.140. The average Bonchev–Trinajstić information content (AvgIpc) is 3.82. The molecule has 2 aliphatic rings. The standard InChI is InChI=1S/C43H38N4O6/c1-50-36-20-16-32(17-21-36)40-44-38(46-53-40)28-47-27-35-11-6-5-10-34(35)26-43(42(47)49)39(31-14-12-30(13-15-31)29-8-3-2-4-9-29)52-41(45-43)33-18-22-37(23-19-33)51-25-7-24-48/h2-6,8-23,39,48H,7,24-28H2,1H3/t39-,43-/m1/s1. The third kappa shape index (κ3) is 6.88. The van der Waals surface area contributed by atoms with Gasteiger partial charge in [0.15, 0.2) is 17.5 Å². The van der Waals surface area contributed by atoms with Gasteiger partial charge in [0, 0.05) is 37.1 Å². The van der Waals surface area contributed by atoms with Gasteiger partial charge in [-0.15, -0.1) is 0 Å². The summed E-state index contributed by atoms with van der Waals surface area (Å²) >= 11 is 0. The van der Waals surface area contributed by atoms with Crippen LogP contribution in [-0.4, -0.2) is 57.8 Å². The summed E-state index contributed by atoms with van der Waals surface area (Å²) in [5, 5.41) is 13.4. The zero-order chi connectivity index (χ0) is 36.2. The molecule has 0 saturated heterocycles. The molecule has 3 heterocycles. The Kier molecular flexibility index (Phi) is 9.43. The number of rotatable bonds is 11. The molecule has 53 heavy (non-hydrogen) atoms. The Balaban J connectivity index is 1.18. The van der Waals surface area contributed by atoms with Crippen LogP contribution in [0, 0.1) is 0 Å². The molecule has 0 bridgehead atoms. The van der Waals surface area contributed by atoms with Crippen LogP contribution in [-0.2, 0) is 29.0 Å². The second-order valence-corrected chi connectivity index (χ2v) is 13.1. The average molecular weight is 707 g/mol. The molecular formula is C43H38N4O6. The molecule has 1 spiro atoms. The summed E-state index contributed by atoms with van der Waals surface area (Å²) in [4.78, 5) is 26.9. The van der Waals surface area contributed by atoms with Gasteiger partial charge in [0.1, 0.15) is 11.5 Å². The summed E-state index contributed by atoms with van der Waals surface area (Å²) in [5.41, 5.74) is 5.15. The minimum atomic E-state index is -1.34. The van der Waals surface area contributed by atoms with Crippen LogP contribution in [0.3, 0.4) is 0 Å². The molecule has 2 aliphatic heterocycles. The Morgan fingerprint density at radius 1 is 0.792 bits per heavy atom. The maximum Gasteiger partial charge on any atom is 0.257 e. The van der Waals surface area contributed by atoms with E-state index in [1.54, 1.807) is 12.0 Å². The molecule has 5 aromatic carbocycles. The van der Waals surface area contributed by atoms with Gasteiger partial charge in [0.25, 0.3) is 11.8 Å². The number of aliphatic imine (C=N–C) groups is 1. The summed E-state index contributed by atoms with van der Waals surface area (Å²) in [6.07, 6.45) is 0.139. The van der Waals surface area contributed by atoms with E-state index in [0.717, 1.165) is 44.7 Å². The fourth-order valence-corrected chi connectivity index (χ4v) is 6.94. The molecule has 0 radical (unpaired) electrons. The van der Waals surface area contributed by atoms with Gasteiger partial charge >= 0.3 is 0 Å². The van der Waals surface area contributed by atoms with E-state index >= 15 is 4.79 Å². The van der Waals surface area contributed by atoms with Crippen molar-refractivity contribution in [2.75, 3.05) is 20.3 Å². The fraction of sp³-hybridized carbons (Fsp3) is 0.209. The number of carbonyl (C=O) groups excluding carboxylic acids is 1. The zero-order valence-corrected chi connectivity index (χ0v) is 29.2. The van der Waals surface area contributed by atoms with Gasteiger partial charge in [0.05, 0.1) is 20.3 Å². The summed E-state index contributed by atoms with van der Waals surface area (Å²) in [5.74, 6) is 2.30. The number of hydrogen-bond acceptors (Lipinski definition) is 9. The quantitative estimate of drug-likeness (QED) is 0.140. The first kappa shape index (κ1) is 33.9. The van der Waals surface area contributed by atoms with Gasteiger partial charge in [-0.3, -0.25) is 4.79 Å². The highest BCUT2D eigenvalue weighted by atomic mass is 16.5. The number of ether oxygens (including phenoxy) is 3. The molecule has 8 rings (SSSR count). The zero-order valence-electron chi connectivity index (χ0n) is 29.2. The number of methoxy groups -OCH3 is 1. The molecule has 266 valence electrons. The van der Waals surface area contributed by atoms with Crippen molar-refractivity contribution < 1.29 is 28.6 Å². The van der Waals surface area contributed by atoms with Crippen LogP contribution < -0.4 is 9.47 Å². The van der Waals surface area contributed by atoms with E-state index in [4.69, 9.17) is 28.8 Å². The van der Waals surface area contributed by atoms with Gasteiger partial charge in [-0.25, -0.2) is 4.99 Å². The van der Waals surface area contributed by atoms with Gasteiger partial charge in [-0.2, -0.15) is 4.98 Å². The Hall–Kier alpha value is -6.26. The normalized spacial score (nSPS) is 17.9. The number of fused-ring (bicyclic) bond motifs is 1. The highest BCUT2D eigenvalue weighted by Gasteiger charge is 2.56. The molecular weight excluding hydrogens is 668 g/mol. The van der Waals surface area contributed by atoms with Gasteiger partial charge in [-0.05, 0) is 76.3 Å². The molecule has 0 saturated carbocycles. The number of benzene rings is 5. The third-order valence-electron chi connectivity index (χ3n) is 9.69. The number of carbonyl (C=O) groups is 1. The largest absolute Gasteiger partial charge is 0.497 e. The molecule has 6 aromatic rings. The highest BCUT2D eigenvalue weighted by molar-refractivity contribution is 6.01. The van der Waals surface area contributed by atoms with Crippen molar-refractivity contribution in [2.45, 2.75) is 37.6 Å². The van der Waals surface area contributed by atoms with Crippen LogP contribution in [0.5, 0.6) is 11.5 Å². The smallest absolute Gasteiger partial charge is 0.257 e. The molecule has 0 aliphatic carbocycles. The van der Waals surface area contributed by atoms with Crippen molar-refractivity contribution in [3.05, 3.63) is 155 Å². The lowest BCUT2D eigenvalue weighted by Crippen LogP contribution is -2.49. The van der Waals surface area contributed by atoms with Gasteiger partial charge < -0.3 is 28.7 Å². The van der Waals surface area contributed by atoms with E-state index in [1.807, 2.05) is 97.1 Å². The maximum atomic E-state index is 15.2. The van der Waals surface area contributed by atoms with Gasteiger partial charge in [-0.1, -0.05) is 84.0 Å². The lowest BCUT2D eigenvalue weighted by atomic mass is 9.81. The van der Waals surface area contributed by atoms with E-state index in [0.29, 0.717) is 49.4 Å². The van der Waals surface area contributed by atoms with Crippen LogP contribution >= 0.6 is 0 Å². The van der Waals surface area contributed by atoms with E-state index in [-0.39, 0.29) is 19.1 Å². The molecule has 0 fully saturated rings. The number of amides is 1. The Morgan fingerprint density at radius 2 is 1.45 bits per heavy atom. The van der Waals surface area contributed by atoms with Crippen LogP contribution in [0.1, 0.15) is 40.6 Å². The second-order valence-electron chi connectivity index (χ2n) is 13.1. The molecule has 1 aromatic heterocycles. The van der Waals surface area contributed by atoms with E-state index in [1.165, 1.54) is 0 Å². The van der Waals surface area contributed by atoms with Crippen LogP contribution in [0.2, 0.25) is 0 Å². The first-order chi connectivity index (χ1) is 26.0. The van der Waals surface area contributed by atoms with Crippen LogP contribution in [0.4, 0.5) is 0 Å². The lowest BCUT2D eigenvalue weighted by Gasteiger charge is -2.33. The topological polar surface area (TPSA) is 120 Å². The van der Waals surface area contributed by atoms with Crippen LogP contribution in [0.15, 0.2) is 137 Å². The number of aliphatic hydroxyl groups is 1. The molecule has 10 nitrogen and oxygen atoms in total. The monoisotopic (exact) mass is 706 g/mol. The Morgan fingerprint density at radius 3 is 2.19 bits per heavy atom. The predicted octanol–water partition coefficient (Wildman–Crippen LogP) is 7.22. The SMILES string of the molecule is COc1ccc(-c2nc(CN3Cc4ccccc4C[C@]4(N=C(c5ccc(OCCCO)cc5)O[C@@H]4c4ccc(-c5ccccc5)cc4)C3=O)no2)cc1. The first-order valence-electron chi connectivity index (χ1n) is 17.6. The van der Waals surface area contributed by atoms with E-state index in [9.17, 15) is 0 Å². The second kappa shape index (κ2) is 14.8. The van der Waals surface area contributed by atoms with Gasteiger partial charge in [0.2, 0.25) is 5.90 Å². The number of nitrogens with zero attached hydrogens (tertiary/aromatic N) is 4. The van der Waals surface area contributed by atoms with E-state index in [2.05, 4.69) is 40.5 Å². The van der Waals surface area contributed by atoms with Crippen molar-refractivity contribution in [1.29, 1.82) is 0 Å². The molecule has 0 unspecified atom stereocenters. The molecule has 10 heteroatoms. The highest BCUT2D eigenvalue weighted by Crippen LogP contribution is 2.46. The Bertz CT molecular complexity index is 2220. The third-order valence-corrected chi connectivity index (χ3v) is 9.69. The minimum absolute atomic E-state index is 0.0588.